The van der Waals surface area contributed by atoms with Crippen molar-refractivity contribution in [2.45, 2.75) is 6.42 Å². The summed E-state index contributed by atoms with van der Waals surface area (Å²) in [6.07, 6.45) is 0.780. The van der Waals surface area contributed by atoms with Crippen LogP contribution >= 0.6 is 0 Å². The fraction of sp³-hybridized carbons (Fsp3) is 0.278. The summed E-state index contributed by atoms with van der Waals surface area (Å²) in [5.41, 5.74) is 6.59. The number of nitrogens with two attached hydrogens (primary N) is 1. The van der Waals surface area contributed by atoms with Gasteiger partial charge in [0.15, 0.2) is 0 Å². The summed E-state index contributed by atoms with van der Waals surface area (Å²) in [4.78, 5) is 14.0. The van der Waals surface area contributed by atoms with Crippen molar-refractivity contribution < 1.29 is 13.6 Å². The third-order valence-electron chi connectivity index (χ3n) is 3.57. The van der Waals surface area contributed by atoms with Gasteiger partial charge in [-0.15, -0.1) is 0 Å². The van der Waals surface area contributed by atoms with Gasteiger partial charge in [-0.3, -0.25) is 9.69 Å². The first-order chi connectivity index (χ1) is 11.6. The van der Waals surface area contributed by atoms with Crippen LogP contribution in [-0.4, -0.2) is 37.0 Å². The molecule has 0 spiro atoms. The molecule has 6 heteroatoms. The molecular formula is C18H21F2N3O. The molecule has 24 heavy (non-hydrogen) atoms. The van der Waals surface area contributed by atoms with E-state index in [0.29, 0.717) is 19.6 Å². The Hall–Kier alpha value is -2.31. The fourth-order valence-electron chi connectivity index (χ4n) is 2.37. The molecule has 0 aliphatic heterocycles. The Morgan fingerprint density at radius 2 is 1.83 bits per heavy atom. The van der Waals surface area contributed by atoms with Crippen molar-refractivity contribution >= 4 is 11.6 Å². The van der Waals surface area contributed by atoms with Crippen LogP contribution in [0.25, 0.3) is 0 Å². The second-order valence-electron chi connectivity index (χ2n) is 5.47. The van der Waals surface area contributed by atoms with Crippen LogP contribution in [0.15, 0.2) is 48.5 Å². The van der Waals surface area contributed by atoms with Crippen LogP contribution in [0.3, 0.4) is 0 Å². The third-order valence-corrected chi connectivity index (χ3v) is 3.57. The first-order valence-electron chi connectivity index (χ1n) is 7.79. The number of rotatable bonds is 8. The Labute approximate surface area is 140 Å². The van der Waals surface area contributed by atoms with E-state index in [1.165, 1.54) is 0 Å². The average Bonchev–Trinajstić information content (AvgIpc) is 2.57. The molecular weight excluding hydrogens is 312 g/mol. The number of carbonyl (C=O) groups excluding carboxylic acids is 1. The molecule has 2 aromatic carbocycles. The van der Waals surface area contributed by atoms with Crippen molar-refractivity contribution in [2.75, 3.05) is 31.5 Å². The Kier molecular flexibility index (Phi) is 6.84. The molecule has 0 radical (unpaired) electrons. The van der Waals surface area contributed by atoms with Gasteiger partial charge >= 0.3 is 0 Å². The minimum Gasteiger partial charge on any atom is -0.329 e. The molecule has 0 unspecified atom stereocenters. The summed E-state index contributed by atoms with van der Waals surface area (Å²) in [7, 11) is 0. The number of anilines is 1. The van der Waals surface area contributed by atoms with Gasteiger partial charge in [-0.1, -0.05) is 30.3 Å². The van der Waals surface area contributed by atoms with Crippen molar-refractivity contribution in [1.82, 2.24) is 4.90 Å². The fourth-order valence-corrected chi connectivity index (χ4v) is 2.37. The largest absolute Gasteiger partial charge is 0.329 e. The van der Waals surface area contributed by atoms with Crippen LogP contribution in [0, 0.1) is 11.6 Å². The molecule has 2 rings (SSSR count). The zero-order valence-corrected chi connectivity index (χ0v) is 13.3. The maximum Gasteiger partial charge on any atom is 0.238 e. The van der Waals surface area contributed by atoms with Crippen LogP contribution in [0.4, 0.5) is 14.5 Å². The second kappa shape index (κ2) is 9.10. The number of nitrogens with zero attached hydrogens (tertiary/aromatic N) is 1. The Bertz CT molecular complexity index is 665. The quantitative estimate of drug-likeness (QED) is 0.780. The molecule has 4 nitrogen and oxygen atoms in total. The predicted molar refractivity (Wildman–Crippen MR) is 90.6 cm³/mol. The van der Waals surface area contributed by atoms with Gasteiger partial charge in [0.25, 0.3) is 0 Å². The molecule has 0 fully saturated rings. The van der Waals surface area contributed by atoms with Crippen molar-refractivity contribution in [3.8, 4) is 0 Å². The van der Waals surface area contributed by atoms with E-state index in [1.54, 1.807) is 0 Å². The molecule has 0 saturated heterocycles. The van der Waals surface area contributed by atoms with E-state index in [2.05, 4.69) is 5.32 Å². The predicted octanol–water partition coefficient (Wildman–Crippen LogP) is 2.41. The molecule has 0 heterocycles. The van der Waals surface area contributed by atoms with Gasteiger partial charge in [0.05, 0.1) is 12.2 Å². The van der Waals surface area contributed by atoms with Crippen LogP contribution in [0.2, 0.25) is 0 Å². The van der Waals surface area contributed by atoms with Gasteiger partial charge in [0, 0.05) is 25.7 Å². The maximum absolute atomic E-state index is 13.6. The van der Waals surface area contributed by atoms with Gasteiger partial charge in [-0.25, -0.2) is 8.78 Å². The molecule has 0 atom stereocenters. The summed E-state index contributed by atoms with van der Waals surface area (Å²) in [5.74, 6) is -1.67. The van der Waals surface area contributed by atoms with E-state index in [0.717, 1.165) is 30.2 Å². The van der Waals surface area contributed by atoms with Crippen molar-refractivity contribution in [2.24, 2.45) is 5.73 Å². The van der Waals surface area contributed by atoms with Crippen molar-refractivity contribution in [3.63, 3.8) is 0 Å². The lowest BCUT2D eigenvalue weighted by Gasteiger charge is -2.21. The molecule has 0 bridgehead atoms. The second-order valence-corrected chi connectivity index (χ2v) is 5.47. The Morgan fingerprint density at radius 1 is 1.08 bits per heavy atom. The van der Waals surface area contributed by atoms with E-state index in [9.17, 15) is 13.6 Å². The average molecular weight is 333 g/mol. The SMILES string of the molecule is NCCN(CCc1ccccc1)CC(=O)Nc1cc(F)ccc1F. The standard InChI is InChI=1S/C18H21F2N3O/c19-15-6-7-16(20)17(12-15)22-18(24)13-23(11-9-21)10-8-14-4-2-1-3-5-14/h1-7,12H,8-11,13,21H2,(H,22,24). The highest BCUT2D eigenvalue weighted by molar-refractivity contribution is 5.92. The van der Waals surface area contributed by atoms with Crippen LogP contribution in [0.5, 0.6) is 0 Å². The minimum atomic E-state index is -0.667. The summed E-state index contributed by atoms with van der Waals surface area (Å²) in [6, 6.07) is 12.9. The normalized spacial score (nSPS) is 10.8. The topological polar surface area (TPSA) is 58.4 Å². The van der Waals surface area contributed by atoms with Gasteiger partial charge in [0.2, 0.25) is 5.91 Å². The monoisotopic (exact) mass is 333 g/mol. The van der Waals surface area contributed by atoms with Gasteiger partial charge in [-0.2, -0.15) is 0 Å². The zero-order chi connectivity index (χ0) is 17.4. The van der Waals surface area contributed by atoms with Crippen LogP contribution < -0.4 is 11.1 Å². The Morgan fingerprint density at radius 3 is 2.54 bits per heavy atom. The smallest absolute Gasteiger partial charge is 0.238 e. The zero-order valence-electron chi connectivity index (χ0n) is 13.3. The Balaban J connectivity index is 1.91. The number of hydrogen-bond acceptors (Lipinski definition) is 3. The number of benzene rings is 2. The lowest BCUT2D eigenvalue weighted by molar-refractivity contribution is -0.117. The molecule has 0 aliphatic carbocycles. The van der Waals surface area contributed by atoms with Gasteiger partial charge in [-0.05, 0) is 24.1 Å². The number of carbonyl (C=O) groups is 1. The van der Waals surface area contributed by atoms with Crippen molar-refractivity contribution in [1.29, 1.82) is 0 Å². The van der Waals surface area contributed by atoms with Crippen LogP contribution in [-0.2, 0) is 11.2 Å². The van der Waals surface area contributed by atoms with E-state index < -0.39 is 17.5 Å². The van der Waals surface area contributed by atoms with Crippen LogP contribution in [0.1, 0.15) is 5.56 Å². The molecule has 3 N–H and O–H groups in total. The number of halogens is 2. The van der Waals surface area contributed by atoms with E-state index in [-0.39, 0.29) is 12.2 Å². The molecule has 0 saturated carbocycles. The van der Waals surface area contributed by atoms with Gasteiger partial charge < -0.3 is 11.1 Å². The number of nitrogens with one attached hydrogen (secondary N) is 1. The lowest BCUT2D eigenvalue weighted by atomic mass is 10.1. The van der Waals surface area contributed by atoms with E-state index in [1.807, 2.05) is 35.2 Å². The highest BCUT2D eigenvalue weighted by Crippen LogP contribution is 2.15. The summed E-state index contributed by atoms with van der Waals surface area (Å²) < 4.78 is 26.7. The summed E-state index contributed by atoms with van der Waals surface area (Å²) in [5, 5.41) is 2.40. The highest BCUT2D eigenvalue weighted by atomic mass is 19.1. The first-order valence-corrected chi connectivity index (χ1v) is 7.79. The molecule has 0 aliphatic rings. The first kappa shape index (κ1) is 18.0. The third kappa shape index (κ3) is 5.72. The molecule has 0 aromatic heterocycles. The number of hydrogen-bond donors (Lipinski definition) is 2. The number of amides is 1. The molecule has 128 valence electrons. The van der Waals surface area contributed by atoms with E-state index >= 15 is 0 Å². The summed E-state index contributed by atoms with van der Waals surface area (Å²) in [6.45, 7) is 1.68. The molecule has 2 aromatic rings. The minimum absolute atomic E-state index is 0.0694. The van der Waals surface area contributed by atoms with Gasteiger partial charge in [0.1, 0.15) is 11.6 Å². The lowest BCUT2D eigenvalue weighted by Crippen LogP contribution is -2.38. The summed E-state index contributed by atoms with van der Waals surface area (Å²) >= 11 is 0. The maximum atomic E-state index is 13.6. The van der Waals surface area contributed by atoms with E-state index in [4.69, 9.17) is 5.73 Å². The van der Waals surface area contributed by atoms with Crippen molar-refractivity contribution in [3.05, 3.63) is 65.7 Å². The highest BCUT2D eigenvalue weighted by Gasteiger charge is 2.13. The molecule has 1 amide bonds.